The second-order valence-corrected chi connectivity index (χ2v) is 6.21. The van der Waals surface area contributed by atoms with Gasteiger partial charge in [0, 0.05) is 19.0 Å². The van der Waals surface area contributed by atoms with E-state index >= 15 is 0 Å². The van der Waals surface area contributed by atoms with Gasteiger partial charge in [0.05, 0.1) is 12.3 Å². The molecule has 1 atom stereocenters. The van der Waals surface area contributed by atoms with Crippen LogP contribution in [-0.4, -0.2) is 37.5 Å². The molecule has 0 radical (unpaired) electrons. The minimum atomic E-state index is -0.487. The first kappa shape index (κ1) is 18.1. The Morgan fingerprint density at radius 1 is 1.07 bits per heavy atom. The van der Waals surface area contributed by atoms with Crippen molar-refractivity contribution in [2.45, 2.75) is 6.29 Å². The smallest absolute Gasteiger partial charge is 0.217 e. The Hall–Kier alpha value is -3.32. The molecule has 0 saturated heterocycles. The monoisotopic (exact) mass is 380 g/mol. The fourth-order valence-corrected chi connectivity index (χ4v) is 3.03. The van der Waals surface area contributed by atoms with Crippen LogP contribution in [0.4, 0.5) is 15.8 Å². The molecule has 0 bridgehead atoms. The van der Waals surface area contributed by atoms with E-state index in [2.05, 4.69) is 5.32 Å². The van der Waals surface area contributed by atoms with Gasteiger partial charge >= 0.3 is 0 Å². The van der Waals surface area contributed by atoms with E-state index in [9.17, 15) is 4.39 Å². The summed E-state index contributed by atoms with van der Waals surface area (Å²) in [7, 11) is 1.64. The van der Waals surface area contributed by atoms with Crippen molar-refractivity contribution in [2.75, 3.05) is 30.6 Å². The molecule has 0 amide bonds. The van der Waals surface area contributed by atoms with Gasteiger partial charge in [0.1, 0.15) is 18.2 Å². The van der Waals surface area contributed by atoms with Crippen molar-refractivity contribution in [3.63, 3.8) is 0 Å². The molecule has 4 rings (SSSR count). The van der Waals surface area contributed by atoms with E-state index in [0.717, 1.165) is 17.3 Å². The van der Waals surface area contributed by atoms with Gasteiger partial charge in [-0.15, -0.1) is 0 Å². The molecular weight excluding hydrogens is 359 g/mol. The second kappa shape index (κ2) is 8.14. The summed E-state index contributed by atoms with van der Waals surface area (Å²) in [5, 5.41) is 6.97. The number of hydrogen-bond donors (Lipinski definition) is 1. The Balaban J connectivity index is 1.55. The van der Waals surface area contributed by atoms with Crippen LogP contribution in [-0.2, 0) is 4.74 Å². The molecule has 6 nitrogen and oxygen atoms in total. The van der Waals surface area contributed by atoms with Crippen LogP contribution in [0.2, 0.25) is 0 Å². The molecule has 2 aliphatic heterocycles. The van der Waals surface area contributed by atoms with Crippen LogP contribution in [0.5, 0.6) is 5.75 Å². The van der Waals surface area contributed by atoms with Gasteiger partial charge in [0.15, 0.2) is 5.84 Å². The number of fused-ring (bicyclic) bond motifs is 1. The molecule has 1 N–H and O–H groups in total. The average molecular weight is 380 g/mol. The lowest BCUT2D eigenvalue weighted by molar-refractivity contribution is 0.146. The zero-order valence-electron chi connectivity index (χ0n) is 15.5. The van der Waals surface area contributed by atoms with E-state index in [1.54, 1.807) is 24.3 Å². The lowest BCUT2D eigenvalue weighted by Gasteiger charge is -2.33. The number of nitrogens with zero attached hydrogens (tertiary/aromatic N) is 3. The van der Waals surface area contributed by atoms with Gasteiger partial charge in [-0.1, -0.05) is 18.2 Å². The Morgan fingerprint density at radius 3 is 2.68 bits per heavy atom. The van der Waals surface area contributed by atoms with Crippen LogP contribution in [0.3, 0.4) is 0 Å². The number of amidine groups is 1. The number of hydrogen-bond acceptors (Lipinski definition) is 6. The van der Waals surface area contributed by atoms with Gasteiger partial charge in [-0.05, 0) is 48.6 Å². The molecule has 0 fully saturated rings. The van der Waals surface area contributed by atoms with Crippen molar-refractivity contribution in [1.29, 1.82) is 0 Å². The highest BCUT2D eigenvalue weighted by atomic mass is 19.1. The fourth-order valence-electron chi connectivity index (χ4n) is 3.03. The van der Waals surface area contributed by atoms with Crippen molar-refractivity contribution >= 4 is 17.2 Å². The van der Waals surface area contributed by atoms with Crippen LogP contribution in [0.25, 0.3) is 0 Å². The molecule has 1 unspecified atom stereocenters. The molecule has 0 aromatic heterocycles. The SMILES string of the molecule is COCCOc1ccc(NC2N=C3C=CC=CN3N2c2ccccc2F)cc1. The van der Waals surface area contributed by atoms with Crippen molar-refractivity contribution in [3.8, 4) is 5.75 Å². The number of anilines is 2. The van der Waals surface area contributed by atoms with Crippen molar-refractivity contribution in [1.82, 2.24) is 5.01 Å². The fraction of sp³-hybridized carbons (Fsp3) is 0.190. The normalized spacial score (nSPS) is 17.5. The van der Waals surface area contributed by atoms with Crippen LogP contribution < -0.4 is 15.1 Å². The molecular formula is C21H21FN4O2. The summed E-state index contributed by atoms with van der Waals surface area (Å²) in [6, 6.07) is 14.2. The lowest BCUT2D eigenvalue weighted by Crippen LogP contribution is -2.45. The summed E-state index contributed by atoms with van der Waals surface area (Å²) in [5.41, 5.74) is 1.29. The van der Waals surface area contributed by atoms with E-state index in [-0.39, 0.29) is 5.82 Å². The van der Waals surface area contributed by atoms with Gasteiger partial charge in [-0.25, -0.2) is 19.4 Å². The molecule has 144 valence electrons. The number of hydrazine groups is 1. The summed E-state index contributed by atoms with van der Waals surface area (Å²) in [6.07, 6.45) is 7.06. The first-order chi connectivity index (χ1) is 13.8. The Labute approximate surface area is 163 Å². The van der Waals surface area contributed by atoms with Crippen LogP contribution >= 0.6 is 0 Å². The van der Waals surface area contributed by atoms with Crippen molar-refractivity contribution < 1.29 is 13.9 Å². The average Bonchev–Trinajstić information content (AvgIpc) is 3.07. The number of halogens is 1. The maximum Gasteiger partial charge on any atom is 0.217 e. The molecule has 2 aromatic rings. The van der Waals surface area contributed by atoms with Gasteiger partial charge in [-0.3, -0.25) is 0 Å². The number of methoxy groups -OCH3 is 1. The van der Waals surface area contributed by atoms with E-state index in [1.807, 2.05) is 59.8 Å². The highest BCUT2D eigenvalue weighted by Crippen LogP contribution is 2.30. The predicted octanol–water partition coefficient (Wildman–Crippen LogP) is 3.77. The van der Waals surface area contributed by atoms with Gasteiger partial charge < -0.3 is 14.8 Å². The molecule has 28 heavy (non-hydrogen) atoms. The van der Waals surface area contributed by atoms with Gasteiger partial charge in [0.2, 0.25) is 6.29 Å². The van der Waals surface area contributed by atoms with Crippen molar-refractivity contribution in [3.05, 3.63) is 78.8 Å². The van der Waals surface area contributed by atoms with Gasteiger partial charge in [-0.2, -0.15) is 0 Å². The van der Waals surface area contributed by atoms with E-state index < -0.39 is 6.29 Å². The van der Waals surface area contributed by atoms with Gasteiger partial charge in [0.25, 0.3) is 0 Å². The summed E-state index contributed by atoms with van der Waals surface area (Å²) in [4.78, 5) is 4.69. The molecule has 0 spiro atoms. The highest BCUT2D eigenvalue weighted by molar-refractivity contribution is 5.98. The first-order valence-electron chi connectivity index (χ1n) is 9.00. The number of rotatable bonds is 7. The molecule has 0 saturated carbocycles. The van der Waals surface area contributed by atoms with Crippen molar-refractivity contribution in [2.24, 2.45) is 4.99 Å². The van der Waals surface area contributed by atoms with Crippen LogP contribution in [0.1, 0.15) is 0 Å². The Kier molecular flexibility index (Phi) is 5.25. The Morgan fingerprint density at radius 2 is 1.89 bits per heavy atom. The zero-order chi connectivity index (χ0) is 19.3. The number of ether oxygens (including phenoxy) is 2. The largest absolute Gasteiger partial charge is 0.491 e. The lowest BCUT2D eigenvalue weighted by atomic mass is 10.3. The number of nitrogens with one attached hydrogen (secondary N) is 1. The summed E-state index contributed by atoms with van der Waals surface area (Å²) in [5.74, 6) is 1.19. The van der Waals surface area contributed by atoms with Crippen LogP contribution in [0, 0.1) is 5.82 Å². The Bertz CT molecular complexity index is 911. The summed E-state index contributed by atoms with van der Waals surface area (Å²) >= 11 is 0. The number of allylic oxidation sites excluding steroid dienone is 2. The second-order valence-electron chi connectivity index (χ2n) is 6.21. The highest BCUT2D eigenvalue weighted by Gasteiger charge is 2.34. The minimum absolute atomic E-state index is 0.310. The molecule has 2 aromatic carbocycles. The number of para-hydroxylation sites is 1. The maximum absolute atomic E-state index is 14.5. The first-order valence-corrected chi connectivity index (χ1v) is 9.00. The molecule has 2 aliphatic rings. The molecule has 2 heterocycles. The maximum atomic E-state index is 14.5. The number of aliphatic imine (C=N–C) groups is 1. The minimum Gasteiger partial charge on any atom is -0.491 e. The quantitative estimate of drug-likeness (QED) is 0.741. The predicted molar refractivity (Wildman–Crippen MR) is 108 cm³/mol. The van der Waals surface area contributed by atoms with E-state index in [0.29, 0.717) is 18.9 Å². The standard InChI is InChI=1S/C21H21FN4O2/c1-27-14-15-28-17-11-9-16(10-12-17)23-21-24-20-8-4-5-13-25(20)26(21)19-7-3-2-6-18(19)22/h2-13,21,23H,14-15H2,1H3. The third-order valence-electron chi connectivity index (χ3n) is 4.34. The third kappa shape index (κ3) is 3.70. The van der Waals surface area contributed by atoms with Crippen LogP contribution in [0.15, 0.2) is 78.0 Å². The summed E-state index contributed by atoms with van der Waals surface area (Å²) in [6.45, 7) is 1.03. The summed E-state index contributed by atoms with van der Waals surface area (Å²) < 4.78 is 25.1. The van der Waals surface area contributed by atoms with E-state index in [4.69, 9.17) is 14.5 Å². The van der Waals surface area contributed by atoms with E-state index in [1.165, 1.54) is 6.07 Å². The topological polar surface area (TPSA) is 49.3 Å². The molecule has 0 aliphatic carbocycles. The molecule has 7 heteroatoms. The third-order valence-corrected chi connectivity index (χ3v) is 4.34. The zero-order valence-corrected chi connectivity index (χ0v) is 15.5. The number of benzene rings is 2.